The first-order valence-corrected chi connectivity index (χ1v) is 10.3. The number of hydrogen-bond donors (Lipinski definition) is 2. The normalized spacial score (nSPS) is 10.9. The van der Waals surface area contributed by atoms with E-state index in [9.17, 15) is 18.0 Å². The Morgan fingerprint density at radius 2 is 1.93 bits per heavy atom. The van der Waals surface area contributed by atoms with E-state index in [0.717, 1.165) is 0 Å². The number of carbonyl (C=O) groups is 2. The zero-order chi connectivity index (χ0) is 20.9. The van der Waals surface area contributed by atoms with Gasteiger partial charge in [-0.15, -0.1) is 0 Å². The maximum Gasteiger partial charge on any atom is 0.339 e. The van der Waals surface area contributed by atoms with Crippen LogP contribution in [0.2, 0.25) is 0 Å². The number of aromatic nitrogens is 3. The van der Waals surface area contributed by atoms with Crippen LogP contribution in [0.1, 0.15) is 23.1 Å². The van der Waals surface area contributed by atoms with Gasteiger partial charge in [-0.2, -0.15) is 15.0 Å². The van der Waals surface area contributed by atoms with Crippen LogP contribution < -0.4 is 14.8 Å². The molecule has 28 heavy (non-hydrogen) atoms. The molecule has 0 aliphatic carbocycles. The summed E-state index contributed by atoms with van der Waals surface area (Å²) in [7, 11) is -3.06. The zero-order valence-electron chi connectivity index (χ0n) is 15.0. The average Bonchev–Trinajstić information content (AvgIpc) is 2.60. The number of nitrogens with one attached hydrogen (secondary N) is 2. The molecule has 0 aliphatic heterocycles. The molecule has 1 aromatic heterocycles. The highest BCUT2D eigenvalue weighted by atomic mass is 127. The molecular formula is C15H16IN5O6S. The molecule has 2 N–H and O–H groups in total. The molecule has 0 radical (unpaired) electrons. The number of esters is 1. The number of ether oxygens (including phenoxy) is 2. The number of sulfonamides is 1. The van der Waals surface area contributed by atoms with Crippen molar-refractivity contribution in [3.8, 4) is 6.01 Å². The lowest BCUT2D eigenvalue weighted by Crippen LogP contribution is -2.35. The number of halogens is 1. The number of benzene rings is 1. The van der Waals surface area contributed by atoms with Crippen LogP contribution in [0.5, 0.6) is 6.01 Å². The number of carbonyl (C=O) groups excluding carboxylic acids is 2. The number of methoxy groups -OCH3 is 1. The van der Waals surface area contributed by atoms with Crippen LogP contribution in [0, 0.1) is 10.5 Å². The summed E-state index contributed by atoms with van der Waals surface area (Å²) in [5.74, 6) is -0.768. The van der Waals surface area contributed by atoms with Gasteiger partial charge in [0.1, 0.15) is 10.7 Å². The van der Waals surface area contributed by atoms with Crippen molar-refractivity contribution in [2.45, 2.75) is 18.7 Å². The van der Waals surface area contributed by atoms with Gasteiger partial charge in [0.15, 0.2) is 0 Å². The van der Waals surface area contributed by atoms with Gasteiger partial charge in [-0.05, 0) is 54.6 Å². The van der Waals surface area contributed by atoms with Crippen molar-refractivity contribution in [1.82, 2.24) is 19.7 Å². The van der Waals surface area contributed by atoms with Gasteiger partial charge in [-0.1, -0.05) is 0 Å². The molecule has 2 rings (SSSR count). The minimum atomic E-state index is -4.39. The van der Waals surface area contributed by atoms with Crippen molar-refractivity contribution in [2.75, 3.05) is 19.0 Å². The van der Waals surface area contributed by atoms with Crippen molar-refractivity contribution >= 4 is 50.6 Å². The maximum atomic E-state index is 12.6. The van der Waals surface area contributed by atoms with E-state index in [4.69, 9.17) is 9.47 Å². The van der Waals surface area contributed by atoms with Crippen LogP contribution in [-0.2, 0) is 14.8 Å². The second kappa shape index (κ2) is 9.09. The first-order chi connectivity index (χ1) is 13.2. The van der Waals surface area contributed by atoms with Crippen molar-refractivity contribution in [3.05, 3.63) is 33.2 Å². The Morgan fingerprint density at radius 1 is 1.21 bits per heavy atom. The van der Waals surface area contributed by atoms with E-state index in [1.165, 1.54) is 19.2 Å². The Morgan fingerprint density at radius 3 is 2.57 bits per heavy atom. The van der Waals surface area contributed by atoms with Gasteiger partial charge in [-0.3, -0.25) is 5.32 Å². The van der Waals surface area contributed by atoms with Crippen LogP contribution in [-0.4, -0.2) is 49.1 Å². The Labute approximate surface area is 174 Å². The van der Waals surface area contributed by atoms with Gasteiger partial charge in [0.25, 0.3) is 10.0 Å². The van der Waals surface area contributed by atoms with E-state index in [2.05, 4.69) is 20.3 Å². The molecule has 2 aromatic rings. The third-order valence-corrected chi connectivity index (χ3v) is 5.13. The summed E-state index contributed by atoms with van der Waals surface area (Å²) in [5, 5.41) is 2.18. The summed E-state index contributed by atoms with van der Waals surface area (Å²) < 4.78 is 37.4. The lowest BCUT2D eigenvalue weighted by Gasteiger charge is -2.12. The fraction of sp³-hybridized carbons (Fsp3) is 0.267. The quantitative estimate of drug-likeness (QED) is 0.426. The highest BCUT2D eigenvalue weighted by molar-refractivity contribution is 14.1. The number of urea groups is 1. The lowest BCUT2D eigenvalue weighted by atomic mass is 10.2. The molecule has 0 spiro atoms. The number of nitrogens with zero attached hydrogens (tertiary/aromatic N) is 3. The Bertz CT molecular complexity index is 1010. The molecule has 0 saturated carbocycles. The van der Waals surface area contributed by atoms with E-state index >= 15 is 0 Å². The van der Waals surface area contributed by atoms with Gasteiger partial charge >= 0.3 is 18.0 Å². The van der Waals surface area contributed by atoms with Crippen LogP contribution in [0.25, 0.3) is 0 Å². The summed E-state index contributed by atoms with van der Waals surface area (Å²) in [6.07, 6.45) is 0. The van der Waals surface area contributed by atoms with Gasteiger partial charge in [0.05, 0.1) is 19.3 Å². The third-order valence-electron chi connectivity index (χ3n) is 3.09. The molecule has 0 aliphatic rings. The first kappa shape index (κ1) is 21.7. The Kier molecular flexibility index (Phi) is 7.06. The predicted octanol–water partition coefficient (Wildman–Crippen LogP) is 1.48. The highest BCUT2D eigenvalue weighted by Crippen LogP contribution is 2.20. The Hall–Kier alpha value is -2.55. The topological polar surface area (TPSA) is 149 Å². The number of aryl methyl sites for hydroxylation is 1. The van der Waals surface area contributed by atoms with Crippen LogP contribution in [0.3, 0.4) is 0 Å². The van der Waals surface area contributed by atoms with Crippen LogP contribution in [0.15, 0.2) is 23.1 Å². The fourth-order valence-corrected chi connectivity index (χ4v) is 3.84. The minimum Gasteiger partial charge on any atom is -0.467 e. The summed E-state index contributed by atoms with van der Waals surface area (Å²) in [6.45, 7) is 3.20. The molecule has 0 fully saturated rings. The number of hydrogen-bond acceptors (Lipinski definition) is 9. The molecule has 0 unspecified atom stereocenters. The molecule has 2 amide bonds. The number of amides is 2. The summed E-state index contributed by atoms with van der Waals surface area (Å²) >= 11 is 1.88. The molecule has 0 bridgehead atoms. The van der Waals surface area contributed by atoms with E-state index in [1.54, 1.807) is 19.9 Å². The van der Waals surface area contributed by atoms with Gasteiger partial charge in [-0.25, -0.2) is 22.7 Å². The monoisotopic (exact) mass is 521 g/mol. The SMILES string of the molecule is CCOC(=O)c1ccc(I)cc1S(=O)(=O)NC(=O)Nc1nc(C)nc(OC)n1. The molecule has 11 nitrogen and oxygen atoms in total. The molecule has 0 atom stereocenters. The average molecular weight is 521 g/mol. The summed E-state index contributed by atoms with van der Waals surface area (Å²) in [6, 6.07) is 2.94. The van der Waals surface area contributed by atoms with Crippen LogP contribution in [0.4, 0.5) is 10.7 Å². The molecule has 0 saturated heterocycles. The lowest BCUT2D eigenvalue weighted by molar-refractivity contribution is 0.0521. The van der Waals surface area contributed by atoms with Crippen molar-refractivity contribution in [1.29, 1.82) is 0 Å². The van der Waals surface area contributed by atoms with E-state index < -0.39 is 26.9 Å². The summed E-state index contributed by atoms with van der Waals surface area (Å²) in [4.78, 5) is 35.3. The first-order valence-electron chi connectivity index (χ1n) is 7.73. The molecule has 13 heteroatoms. The molecule has 1 aromatic carbocycles. The Balaban J connectivity index is 2.28. The third kappa shape index (κ3) is 5.48. The van der Waals surface area contributed by atoms with E-state index in [0.29, 0.717) is 3.57 Å². The second-order valence-corrected chi connectivity index (χ2v) is 8.01. The van der Waals surface area contributed by atoms with Gasteiger partial charge in [0.2, 0.25) is 5.95 Å². The number of rotatable bonds is 6. The van der Waals surface area contributed by atoms with Gasteiger partial charge < -0.3 is 9.47 Å². The summed E-state index contributed by atoms with van der Waals surface area (Å²) in [5.41, 5.74) is -0.194. The van der Waals surface area contributed by atoms with Crippen molar-refractivity contribution in [3.63, 3.8) is 0 Å². The van der Waals surface area contributed by atoms with Crippen molar-refractivity contribution < 1.29 is 27.5 Å². The predicted molar refractivity (Wildman–Crippen MR) is 106 cm³/mol. The molecule has 1 heterocycles. The van der Waals surface area contributed by atoms with Crippen LogP contribution >= 0.6 is 22.6 Å². The van der Waals surface area contributed by atoms with E-state index in [1.807, 2.05) is 27.3 Å². The maximum absolute atomic E-state index is 12.6. The van der Waals surface area contributed by atoms with Gasteiger partial charge in [0, 0.05) is 3.57 Å². The van der Waals surface area contributed by atoms with Crippen molar-refractivity contribution in [2.24, 2.45) is 0 Å². The molecular weight excluding hydrogens is 505 g/mol. The van der Waals surface area contributed by atoms with E-state index in [-0.39, 0.29) is 30.0 Å². The molecule has 150 valence electrons. The zero-order valence-corrected chi connectivity index (χ0v) is 18.0. The second-order valence-electron chi connectivity index (χ2n) is 5.11. The number of anilines is 1. The largest absolute Gasteiger partial charge is 0.467 e. The smallest absolute Gasteiger partial charge is 0.339 e. The standard InChI is InChI=1S/C15H16IN5O6S/c1-4-27-12(22)10-6-5-9(16)7-11(10)28(24,25)21-14(23)19-13-17-8(2)18-15(20-13)26-3/h5-7H,4H2,1-3H3,(H2,17,18,19,20,21,23). The highest BCUT2D eigenvalue weighted by Gasteiger charge is 2.26. The minimum absolute atomic E-state index is 0.0483. The fourth-order valence-electron chi connectivity index (χ4n) is 2.00.